The van der Waals surface area contributed by atoms with E-state index in [0.29, 0.717) is 12.0 Å². The Morgan fingerprint density at radius 1 is 1.21 bits per heavy atom. The van der Waals surface area contributed by atoms with Crippen LogP contribution in [0.25, 0.3) is 0 Å². The van der Waals surface area contributed by atoms with Gasteiger partial charge in [0.05, 0.1) is 19.3 Å². The maximum absolute atomic E-state index is 12.6. The summed E-state index contributed by atoms with van der Waals surface area (Å²) in [6.07, 6.45) is 4.01. The molecule has 6 nitrogen and oxygen atoms in total. The van der Waals surface area contributed by atoms with E-state index in [1.54, 1.807) is 6.20 Å². The molecule has 0 aliphatic carbocycles. The number of amides is 1. The van der Waals surface area contributed by atoms with Crippen molar-refractivity contribution in [2.75, 3.05) is 57.9 Å². The Morgan fingerprint density at radius 3 is 2.88 bits per heavy atom. The lowest BCUT2D eigenvalue weighted by atomic mass is 10.1. The molecule has 0 saturated carbocycles. The molecule has 1 aromatic rings. The van der Waals surface area contributed by atoms with Gasteiger partial charge in [0.25, 0.3) is 5.91 Å². The van der Waals surface area contributed by atoms with Crippen molar-refractivity contribution in [3.05, 3.63) is 23.9 Å². The van der Waals surface area contributed by atoms with E-state index in [0.717, 1.165) is 70.2 Å². The topological polar surface area (TPSA) is 48.9 Å². The van der Waals surface area contributed by atoms with Crippen molar-refractivity contribution in [2.24, 2.45) is 5.92 Å². The molecule has 3 aliphatic rings. The fourth-order valence-electron chi connectivity index (χ4n) is 4.06. The fraction of sp³-hybridized carbons (Fsp3) is 0.667. The van der Waals surface area contributed by atoms with E-state index >= 15 is 0 Å². The molecule has 3 saturated heterocycles. The average molecular weight is 330 g/mol. The number of likely N-dealkylation sites (N-methyl/N-ethyl adjacent to an activating group) is 1. The van der Waals surface area contributed by atoms with Gasteiger partial charge in [0.2, 0.25) is 0 Å². The molecular formula is C18H26N4O2. The quantitative estimate of drug-likeness (QED) is 0.812. The van der Waals surface area contributed by atoms with Crippen LogP contribution in [0.1, 0.15) is 23.2 Å². The number of aromatic nitrogens is 1. The first-order valence-electron chi connectivity index (χ1n) is 8.99. The smallest absolute Gasteiger partial charge is 0.254 e. The van der Waals surface area contributed by atoms with Crippen molar-refractivity contribution in [3.63, 3.8) is 0 Å². The molecule has 1 aromatic heterocycles. The molecule has 130 valence electrons. The number of carbonyl (C=O) groups is 1. The molecular weight excluding hydrogens is 304 g/mol. The van der Waals surface area contributed by atoms with Gasteiger partial charge >= 0.3 is 0 Å². The number of rotatable bonds is 2. The Hall–Kier alpha value is -1.66. The number of nitrogens with zero attached hydrogens (tertiary/aromatic N) is 4. The molecule has 0 spiro atoms. The van der Waals surface area contributed by atoms with Crippen LogP contribution in [0.15, 0.2) is 18.3 Å². The van der Waals surface area contributed by atoms with E-state index in [9.17, 15) is 4.79 Å². The zero-order valence-electron chi connectivity index (χ0n) is 14.4. The van der Waals surface area contributed by atoms with E-state index < -0.39 is 0 Å². The van der Waals surface area contributed by atoms with E-state index in [4.69, 9.17) is 4.74 Å². The second-order valence-electron chi connectivity index (χ2n) is 7.30. The second-order valence-corrected chi connectivity index (χ2v) is 7.30. The fourth-order valence-corrected chi connectivity index (χ4v) is 4.06. The Bertz CT molecular complexity index is 602. The molecule has 1 amide bonds. The minimum atomic E-state index is 0.145. The molecule has 3 fully saturated rings. The van der Waals surface area contributed by atoms with Gasteiger partial charge in [-0.15, -0.1) is 0 Å². The van der Waals surface area contributed by atoms with Gasteiger partial charge < -0.3 is 14.5 Å². The molecule has 2 atom stereocenters. The normalized spacial score (nSPS) is 28.0. The maximum Gasteiger partial charge on any atom is 0.254 e. The van der Waals surface area contributed by atoms with Crippen LogP contribution in [0.2, 0.25) is 0 Å². The Kier molecular flexibility index (Phi) is 4.41. The SMILES string of the molecule is CN1C[C@H]2COC[C@@H]1CN(c1cc(C(=O)N3CCCC3)ccn1)C2. The molecule has 4 heterocycles. The Balaban J connectivity index is 1.55. The molecule has 24 heavy (non-hydrogen) atoms. The number of carbonyl (C=O) groups excluding carboxylic acids is 1. The van der Waals surface area contributed by atoms with Crippen molar-refractivity contribution < 1.29 is 9.53 Å². The van der Waals surface area contributed by atoms with Crippen LogP contribution in [0.3, 0.4) is 0 Å². The molecule has 6 heteroatoms. The number of fused-ring (bicyclic) bond motifs is 3. The third-order valence-electron chi connectivity index (χ3n) is 5.45. The van der Waals surface area contributed by atoms with Gasteiger partial charge in [0.1, 0.15) is 5.82 Å². The number of likely N-dealkylation sites (tertiary alicyclic amines) is 1. The molecule has 3 aliphatic heterocycles. The first-order valence-corrected chi connectivity index (χ1v) is 8.99. The lowest BCUT2D eigenvalue weighted by molar-refractivity contribution is 0.0792. The second kappa shape index (κ2) is 6.69. The van der Waals surface area contributed by atoms with Crippen molar-refractivity contribution in [2.45, 2.75) is 18.9 Å². The van der Waals surface area contributed by atoms with Crippen LogP contribution < -0.4 is 4.90 Å². The lowest BCUT2D eigenvalue weighted by Crippen LogP contribution is -2.42. The largest absolute Gasteiger partial charge is 0.379 e. The van der Waals surface area contributed by atoms with Crippen molar-refractivity contribution >= 4 is 11.7 Å². The van der Waals surface area contributed by atoms with E-state index in [-0.39, 0.29) is 5.91 Å². The van der Waals surface area contributed by atoms with E-state index in [1.165, 1.54) is 0 Å². The van der Waals surface area contributed by atoms with Gasteiger partial charge in [-0.25, -0.2) is 4.98 Å². The lowest BCUT2D eigenvalue weighted by Gasteiger charge is -2.30. The summed E-state index contributed by atoms with van der Waals surface area (Å²) >= 11 is 0. The van der Waals surface area contributed by atoms with Gasteiger partial charge in [0, 0.05) is 50.4 Å². The number of hydrogen-bond donors (Lipinski definition) is 0. The summed E-state index contributed by atoms with van der Waals surface area (Å²) in [6, 6.07) is 4.21. The predicted molar refractivity (Wildman–Crippen MR) is 92.3 cm³/mol. The van der Waals surface area contributed by atoms with Crippen molar-refractivity contribution in [1.82, 2.24) is 14.8 Å². The molecule has 0 unspecified atom stereocenters. The summed E-state index contributed by atoms with van der Waals surface area (Å²) in [5, 5.41) is 0. The highest BCUT2D eigenvalue weighted by Gasteiger charge is 2.32. The molecule has 0 N–H and O–H groups in total. The molecule has 0 radical (unpaired) electrons. The Labute approximate surface area is 143 Å². The van der Waals surface area contributed by atoms with Crippen LogP contribution >= 0.6 is 0 Å². The summed E-state index contributed by atoms with van der Waals surface area (Å²) in [4.78, 5) is 23.9. The minimum Gasteiger partial charge on any atom is -0.379 e. The molecule has 0 aromatic carbocycles. The van der Waals surface area contributed by atoms with Crippen LogP contribution in [0.5, 0.6) is 0 Å². The highest BCUT2D eigenvalue weighted by Crippen LogP contribution is 2.23. The summed E-state index contributed by atoms with van der Waals surface area (Å²) in [5.41, 5.74) is 0.765. The number of pyridine rings is 1. The van der Waals surface area contributed by atoms with Crippen molar-refractivity contribution in [1.29, 1.82) is 0 Å². The van der Waals surface area contributed by atoms with E-state index in [2.05, 4.69) is 21.8 Å². The Morgan fingerprint density at radius 2 is 2.04 bits per heavy atom. The summed E-state index contributed by atoms with van der Waals surface area (Å²) in [5.74, 6) is 1.56. The first-order chi connectivity index (χ1) is 11.7. The predicted octanol–water partition coefficient (Wildman–Crippen LogP) is 1.08. The van der Waals surface area contributed by atoms with Crippen molar-refractivity contribution in [3.8, 4) is 0 Å². The summed E-state index contributed by atoms with van der Waals surface area (Å²) in [7, 11) is 2.18. The molecule has 4 rings (SSSR count). The zero-order valence-corrected chi connectivity index (χ0v) is 14.4. The van der Waals surface area contributed by atoms with Crippen LogP contribution in [0.4, 0.5) is 5.82 Å². The highest BCUT2D eigenvalue weighted by molar-refractivity contribution is 5.95. The average Bonchev–Trinajstić information content (AvgIpc) is 2.99. The standard InChI is InChI=1S/C18H26N4O2/c1-20-9-14-10-22(11-16(20)13-24-12-14)17-8-15(4-5-19-17)18(23)21-6-2-3-7-21/h4-5,8,14,16H,2-3,6-7,9-13H2,1H3/t14-,16+/m1/s1. The van der Waals surface area contributed by atoms with Gasteiger partial charge in [-0.3, -0.25) is 9.69 Å². The monoisotopic (exact) mass is 330 g/mol. The number of hydrogen-bond acceptors (Lipinski definition) is 5. The van der Waals surface area contributed by atoms with Gasteiger partial charge in [0.15, 0.2) is 0 Å². The number of ether oxygens (including phenoxy) is 1. The van der Waals surface area contributed by atoms with Gasteiger partial charge in [-0.2, -0.15) is 0 Å². The van der Waals surface area contributed by atoms with Crippen LogP contribution in [-0.4, -0.2) is 79.7 Å². The number of anilines is 1. The van der Waals surface area contributed by atoms with Gasteiger partial charge in [-0.1, -0.05) is 0 Å². The van der Waals surface area contributed by atoms with Gasteiger partial charge in [-0.05, 0) is 32.0 Å². The zero-order chi connectivity index (χ0) is 16.5. The van der Waals surface area contributed by atoms with Crippen LogP contribution in [-0.2, 0) is 4.74 Å². The first kappa shape index (κ1) is 15.8. The maximum atomic E-state index is 12.6. The molecule has 2 bridgehead atoms. The third-order valence-corrected chi connectivity index (χ3v) is 5.45. The third kappa shape index (κ3) is 3.13. The highest BCUT2D eigenvalue weighted by atomic mass is 16.5. The summed E-state index contributed by atoms with van der Waals surface area (Å²) < 4.78 is 5.80. The summed E-state index contributed by atoms with van der Waals surface area (Å²) in [6.45, 7) is 6.25. The van der Waals surface area contributed by atoms with E-state index in [1.807, 2.05) is 17.0 Å². The van der Waals surface area contributed by atoms with Crippen LogP contribution in [0, 0.1) is 5.92 Å². The minimum absolute atomic E-state index is 0.145.